The van der Waals surface area contributed by atoms with Crippen molar-refractivity contribution < 1.29 is 0 Å². The Bertz CT molecular complexity index is 1420. The average Bonchev–Trinajstić information content (AvgIpc) is 3.16. The molecule has 1 heteroatoms. The summed E-state index contributed by atoms with van der Waals surface area (Å²) in [7, 11) is 0. The molecule has 0 aliphatic rings. The summed E-state index contributed by atoms with van der Waals surface area (Å²) in [4.78, 5) is 0. The van der Waals surface area contributed by atoms with E-state index in [9.17, 15) is 0 Å². The van der Waals surface area contributed by atoms with Gasteiger partial charge < -0.3 is 4.57 Å². The van der Waals surface area contributed by atoms with Crippen LogP contribution in [0.5, 0.6) is 0 Å². The van der Waals surface area contributed by atoms with Gasteiger partial charge in [-0.2, -0.15) is 0 Å². The van der Waals surface area contributed by atoms with E-state index in [1.54, 1.807) is 0 Å². The fourth-order valence-corrected chi connectivity index (χ4v) is 5.29. The van der Waals surface area contributed by atoms with Crippen LogP contribution < -0.4 is 0 Å². The van der Waals surface area contributed by atoms with Crippen molar-refractivity contribution in [3.05, 3.63) is 96.1 Å². The summed E-state index contributed by atoms with van der Waals surface area (Å²) in [5.74, 6) is 0. The highest BCUT2D eigenvalue weighted by Gasteiger charge is 2.17. The Hall–Kier alpha value is -3.32. The molecular formula is C35H39N. The minimum Gasteiger partial charge on any atom is -0.338 e. The molecule has 5 aromatic rings. The molecule has 0 saturated carbocycles. The topological polar surface area (TPSA) is 4.93 Å². The summed E-state index contributed by atoms with van der Waals surface area (Å²) >= 11 is 0. The minimum atomic E-state index is 0.161. The fourth-order valence-electron chi connectivity index (χ4n) is 5.29. The van der Waals surface area contributed by atoms with Gasteiger partial charge in [0, 0.05) is 27.8 Å². The molecule has 0 aliphatic heterocycles. The Labute approximate surface area is 216 Å². The Morgan fingerprint density at radius 1 is 0.472 bits per heavy atom. The largest absolute Gasteiger partial charge is 0.338 e. The molecule has 184 valence electrons. The van der Waals surface area contributed by atoms with Gasteiger partial charge in [0.1, 0.15) is 0 Å². The van der Waals surface area contributed by atoms with E-state index in [2.05, 4.69) is 145 Å². The molecule has 0 amide bonds. The first-order chi connectivity index (χ1) is 16.9. The summed E-state index contributed by atoms with van der Waals surface area (Å²) < 4.78 is 2.48. The minimum absolute atomic E-state index is 0.161. The zero-order valence-electron chi connectivity index (χ0n) is 23.1. The third-order valence-electron chi connectivity index (χ3n) is 7.49. The molecule has 0 atom stereocenters. The number of benzene rings is 4. The molecule has 0 unspecified atom stereocenters. The Morgan fingerprint density at radius 2 is 0.806 bits per heavy atom. The van der Waals surface area contributed by atoms with Gasteiger partial charge in [-0.15, -0.1) is 0 Å². The Balaban J connectivity index is 1.65. The molecule has 0 saturated heterocycles. The highest BCUT2D eigenvalue weighted by molar-refractivity contribution is 6.10. The van der Waals surface area contributed by atoms with Crippen molar-refractivity contribution in [1.29, 1.82) is 0 Å². The van der Waals surface area contributed by atoms with Gasteiger partial charge >= 0.3 is 0 Å². The third kappa shape index (κ3) is 4.37. The molecular weight excluding hydrogens is 434 g/mol. The Kier molecular flexibility index (Phi) is 5.86. The second kappa shape index (κ2) is 8.66. The van der Waals surface area contributed by atoms with Crippen LogP contribution in [0.3, 0.4) is 0 Å². The predicted octanol–water partition coefficient (Wildman–Crippen LogP) is 10.3. The molecule has 0 radical (unpaired) electrons. The quantitative estimate of drug-likeness (QED) is 0.245. The van der Waals surface area contributed by atoms with Gasteiger partial charge in [-0.1, -0.05) is 102 Å². The van der Waals surface area contributed by atoms with Gasteiger partial charge in [0.05, 0.1) is 0 Å². The zero-order valence-corrected chi connectivity index (χ0v) is 23.1. The standard InChI is InChI=1S/C35H39N/c1-23(2)36-32-19-13-26(24-9-15-28(16-10-24)34(3,4)5)21-30(32)31-22-27(14-20-33(31)36)25-11-17-29(18-12-25)35(6,7)8/h9-23H,1-8H3. The maximum absolute atomic E-state index is 2.48. The summed E-state index contributed by atoms with van der Waals surface area (Å²) in [6.07, 6.45) is 0. The highest BCUT2D eigenvalue weighted by atomic mass is 15.0. The van der Waals surface area contributed by atoms with Crippen molar-refractivity contribution >= 4 is 21.8 Å². The molecule has 0 spiro atoms. The van der Waals surface area contributed by atoms with Crippen molar-refractivity contribution in [1.82, 2.24) is 4.57 Å². The highest BCUT2D eigenvalue weighted by Crippen LogP contribution is 2.37. The van der Waals surface area contributed by atoms with Crippen LogP contribution in [0.4, 0.5) is 0 Å². The number of fused-ring (bicyclic) bond motifs is 3. The van der Waals surface area contributed by atoms with Crippen LogP contribution in [0.15, 0.2) is 84.9 Å². The summed E-state index contributed by atoms with van der Waals surface area (Å²) in [6.45, 7) is 18.2. The predicted molar refractivity (Wildman–Crippen MR) is 158 cm³/mol. The lowest BCUT2D eigenvalue weighted by molar-refractivity contribution is 0.590. The van der Waals surface area contributed by atoms with Crippen molar-refractivity contribution in [3.63, 3.8) is 0 Å². The van der Waals surface area contributed by atoms with Crippen LogP contribution in [-0.4, -0.2) is 4.57 Å². The SMILES string of the molecule is CC(C)n1c2ccc(-c3ccc(C(C)(C)C)cc3)cc2c2cc(-c3ccc(C(C)(C)C)cc3)ccc21. The van der Waals surface area contributed by atoms with Crippen LogP contribution >= 0.6 is 0 Å². The zero-order chi connectivity index (χ0) is 25.8. The van der Waals surface area contributed by atoms with Gasteiger partial charge in [-0.3, -0.25) is 0 Å². The van der Waals surface area contributed by atoms with Gasteiger partial charge in [0.15, 0.2) is 0 Å². The lowest BCUT2D eigenvalue weighted by Gasteiger charge is -2.19. The summed E-state index contributed by atoms with van der Waals surface area (Å²) in [6, 6.07) is 32.5. The number of rotatable bonds is 3. The van der Waals surface area contributed by atoms with E-state index in [-0.39, 0.29) is 10.8 Å². The maximum atomic E-state index is 2.48. The number of aromatic nitrogens is 1. The summed E-state index contributed by atoms with van der Waals surface area (Å²) in [5, 5.41) is 2.65. The molecule has 1 aromatic heterocycles. The fraction of sp³-hybridized carbons (Fsp3) is 0.314. The molecule has 5 rings (SSSR count). The van der Waals surface area contributed by atoms with Crippen LogP contribution in [0.2, 0.25) is 0 Å². The van der Waals surface area contributed by atoms with E-state index in [0.29, 0.717) is 6.04 Å². The van der Waals surface area contributed by atoms with Gasteiger partial charge in [0.2, 0.25) is 0 Å². The monoisotopic (exact) mass is 473 g/mol. The number of hydrogen-bond acceptors (Lipinski definition) is 0. The van der Waals surface area contributed by atoms with Gasteiger partial charge in [0.25, 0.3) is 0 Å². The second-order valence-electron chi connectivity index (χ2n) is 12.6. The molecule has 4 aromatic carbocycles. The van der Waals surface area contributed by atoms with Crippen LogP contribution in [-0.2, 0) is 10.8 Å². The van der Waals surface area contributed by atoms with E-state index in [1.807, 2.05) is 0 Å². The van der Waals surface area contributed by atoms with Crippen LogP contribution in [0, 0.1) is 0 Å². The van der Waals surface area contributed by atoms with Crippen molar-refractivity contribution in [3.8, 4) is 22.3 Å². The first kappa shape index (κ1) is 24.4. The van der Waals surface area contributed by atoms with E-state index < -0.39 is 0 Å². The third-order valence-corrected chi connectivity index (χ3v) is 7.49. The second-order valence-corrected chi connectivity index (χ2v) is 12.6. The first-order valence-corrected chi connectivity index (χ1v) is 13.2. The average molecular weight is 474 g/mol. The Morgan fingerprint density at radius 3 is 1.11 bits per heavy atom. The molecule has 0 aliphatic carbocycles. The van der Waals surface area contributed by atoms with E-state index in [1.165, 1.54) is 55.2 Å². The number of nitrogens with zero attached hydrogens (tertiary/aromatic N) is 1. The molecule has 0 bridgehead atoms. The smallest absolute Gasteiger partial charge is 0.0494 e. The van der Waals surface area contributed by atoms with Crippen LogP contribution in [0.25, 0.3) is 44.1 Å². The number of hydrogen-bond donors (Lipinski definition) is 0. The molecule has 1 heterocycles. The van der Waals surface area contributed by atoms with Gasteiger partial charge in [-0.25, -0.2) is 0 Å². The van der Waals surface area contributed by atoms with Crippen molar-refractivity contribution in [2.24, 2.45) is 0 Å². The normalized spacial score (nSPS) is 12.7. The van der Waals surface area contributed by atoms with Crippen molar-refractivity contribution in [2.45, 2.75) is 72.3 Å². The molecule has 0 N–H and O–H groups in total. The van der Waals surface area contributed by atoms with E-state index in [0.717, 1.165) is 0 Å². The first-order valence-electron chi connectivity index (χ1n) is 13.2. The maximum Gasteiger partial charge on any atom is 0.0494 e. The lowest BCUT2D eigenvalue weighted by atomic mass is 9.86. The van der Waals surface area contributed by atoms with Gasteiger partial charge in [-0.05, 0) is 82.3 Å². The lowest BCUT2D eigenvalue weighted by Crippen LogP contribution is -2.10. The van der Waals surface area contributed by atoms with Crippen LogP contribution in [0.1, 0.15) is 72.6 Å². The van der Waals surface area contributed by atoms with Crippen molar-refractivity contribution in [2.75, 3.05) is 0 Å². The molecule has 1 nitrogen and oxygen atoms in total. The van der Waals surface area contributed by atoms with E-state index in [4.69, 9.17) is 0 Å². The summed E-state index contributed by atoms with van der Waals surface area (Å²) in [5.41, 5.74) is 10.7. The molecule has 0 fully saturated rings. The van der Waals surface area contributed by atoms with E-state index >= 15 is 0 Å². The molecule has 36 heavy (non-hydrogen) atoms.